The van der Waals surface area contributed by atoms with E-state index in [9.17, 15) is 4.79 Å². The number of hydrogen-bond donors (Lipinski definition) is 1. The van der Waals surface area contributed by atoms with Gasteiger partial charge in [0, 0.05) is 18.2 Å². The van der Waals surface area contributed by atoms with E-state index in [2.05, 4.69) is 6.92 Å². The summed E-state index contributed by atoms with van der Waals surface area (Å²) in [5.74, 6) is 0.679. The second kappa shape index (κ2) is 8.10. The molecule has 2 rings (SSSR count). The van der Waals surface area contributed by atoms with Crippen molar-refractivity contribution in [2.45, 2.75) is 32.9 Å². The molecule has 1 unspecified atom stereocenters. The van der Waals surface area contributed by atoms with Gasteiger partial charge in [0.2, 0.25) is 0 Å². The molecule has 1 aliphatic rings. The fraction of sp³-hybridized carbons (Fsp3) is 0.533. The van der Waals surface area contributed by atoms with Crippen molar-refractivity contribution in [1.82, 2.24) is 4.90 Å². The smallest absolute Gasteiger partial charge is 0.317 e. The van der Waals surface area contributed by atoms with Crippen LogP contribution in [-0.2, 0) is 11.3 Å². The Labute approximate surface area is 131 Å². The molecule has 5 nitrogen and oxygen atoms in total. The molecular weight excluding hydrogens is 294 g/mol. The molecule has 0 spiro atoms. The summed E-state index contributed by atoms with van der Waals surface area (Å²) in [6.07, 6.45) is 0.902. The van der Waals surface area contributed by atoms with Gasteiger partial charge in [0.15, 0.2) is 11.5 Å². The molecule has 1 aliphatic heterocycles. The van der Waals surface area contributed by atoms with Crippen molar-refractivity contribution in [1.29, 1.82) is 0 Å². The van der Waals surface area contributed by atoms with Crippen molar-refractivity contribution in [3.05, 3.63) is 23.8 Å². The number of aliphatic carboxylic acids is 1. The van der Waals surface area contributed by atoms with Gasteiger partial charge in [-0.2, -0.15) is 0 Å². The lowest BCUT2D eigenvalue weighted by atomic mass is 10.1. The Balaban J connectivity index is 0.00000220. The van der Waals surface area contributed by atoms with Crippen LogP contribution in [0.25, 0.3) is 0 Å². The van der Waals surface area contributed by atoms with Crippen LogP contribution < -0.4 is 9.47 Å². The Morgan fingerprint density at radius 1 is 1.38 bits per heavy atom. The molecule has 118 valence electrons. The molecule has 0 aliphatic carbocycles. The predicted molar refractivity (Wildman–Crippen MR) is 82.5 cm³/mol. The molecule has 6 heteroatoms. The lowest BCUT2D eigenvalue weighted by Gasteiger charge is -2.28. The van der Waals surface area contributed by atoms with Gasteiger partial charge in [-0.15, -0.1) is 12.4 Å². The number of hydrogen-bond acceptors (Lipinski definition) is 4. The van der Waals surface area contributed by atoms with Crippen molar-refractivity contribution < 1.29 is 19.4 Å². The van der Waals surface area contributed by atoms with Gasteiger partial charge in [0.05, 0.1) is 6.54 Å². The Morgan fingerprint density at radius 3 is 2.76 bits per heavy atom. The topological polar surface area (TPSA) is 59.0 Å². The Morgan fingerprint density at radius 2 is 2.10 bits per heavy atom. The van der Waals surface area contributed by atoms with Crippen LogP contribution in [0.2, 0.25) is 0 Å². The fourth-order valence-electron chi connectivity index (χ4n) is 2.28. The highest BCUT2D eigenvalue weighted by Gasteiger charge is 2.21. The summed E-state index contributed by atoms with van der Waals surface area (Å²) in [4.78, 5) is 13.0. The number of carboxylic acid groups (broad SMARTS) is 1. The lowest BCUT2D eigenvalue weighted by Crippen LogP contribution is -2.36. The van der Waals surface area contributed by atoms with E-state index in [1.165, 1.54) is 0 Å². The minimum atomic E-state index is -0.813. The third kappa shape index (κ3) is 4.51. The average molecular weight is 316 g/mol. The third-order valence-corrected chi connectivity index (χ3v) is 3.57. The predicted octanol–water partition coefficient (Wildman–Crippen LogP) is 2.56. The van der Waals surface area contributed by atoms with E-state index in [0.717, 1.165) is 23.5 Å². The first kappa shape index (κ1) is 17.6. The molecule has 0 saturated heterocycles. The maximum absolute atomic E-state index is 11.0. The molecule has 1 aromatic carbocycles. The zero-order chi connectivity index (χ0) is 14.5. The molecule has 1 heterocycles. The minimum absolute atomic E-state index is 0. The number of carboxylic acids is 1. The largest absolute Gasteiger partial charge is 0.486 e. The zero-order valence-electron chi connectivity index (χ0n) is 12.4. The summed E-state index contributed by atoms with van der Waals surface area (Å²) < 4.78 is 11.2. The van der Waals surface area contributed by atoms with Gasteiger partial charge < -0.3 is 14.6 Å². The summed E-state index contributed by atoms with van der Waals surface area (Å²) in [6.45, 7) is 5.76. The number of carbonyl (C=O) groups is 1. The summed E-state index contributed by atoms with van der Waals surface area (Å²) in [7, 11) is 0. The van der Waals surface area contributed by atoms with E-state index in [0.29, 0.717) is 19.8 Å². The standard InChI is InChI=1S/C15H21NO4.ClH/c1-3-11(2)16(10-14(17)18)9-12-5-4-6-13-15(12)20-8-7-19-13;/h4-6,11H,3,7-10H2,1-2H3,(H,17,18);1H. The first-order chi connectivity index (χ1) is 9.61. The third-order valence-electron chi connectivity index (χ3n) is 3.57. The number of benzene rings is 1. The quantitative estimate of drug-likeness (QED) is 0.874. The molecule has 0 aromatic heterocycles. The normalized spacial score (nSPS) is 14.4. The number of halogens is 1. The van der Waals surface area contributed by atoms with Crippen LogP contribution in [0.1, 0.15) is 25.8 Å². The Hall–Kier alpha value is -1.46. The molecule has 0 fully saturated rings. The highest BCUT2D eigenvalue weighted by Crippen LogP contribution is 2.34. The van der Waals surface area contributed by atoms with E-state index < -0.39 is 5.97 Å². The Bertz CT molecular complexity index is 481. The first-order valence-corrected chi connectivity index (χ1v) is 6.95. The number of fused-ring (bicyclic) bond motifs is 1. The van der Waals surface area contributed by atoms with E-state index in [1.807, 2.05) is 30.0 Å². The fourth-order valence-corrected chi connectivity index (χ4v) is 2.28. The molecule has 0 amide bonds. The van der Waals surface area contributed by atoms with Crippen LogP contribution in [-0.4, -0.2) is 41.8 Å². The molecule has 1 aromatic rings. The average Bonchev–Trinajstić information content (AvgIpc) is 2.45. The van der Waals surface area contributed by atoms with Gasteiger partial charge in [-0.05, 0) is 19.4 Å². The summed E-state index contributed by atoms with van der Waals surface area (Å²) in [5.41, 5.74) is 0.976. The van der Waals surface area contributed by atoms with E-state index in [-0.39, 0.29) is 25.0 Å². The second-order valence-corrected chi connectivity index (χ2v) is 5.00. The summed E-state index contributed by atoms with van der Waals surface area (Å²) in [6, 6.07) is 5.96. The van der Waals surface area contributed by atoms with E-state index in [1.54, 1.807) is 0 Å². The van der Waals surface area contributed by atoms with Crippen LogP contribution in [0.15, 0.2) is 18.2 Å². The first-order valence-electron chi connectivity index (χ1n) is 6.95. The van der Waals surface area contributed by atoms with Gasteiger partial charge in [0.25, 0.3) is 0 Å². The van der Waals surface area contributed by atoms with Crippen molar-refractivity contribution in [3.63, 3.8) is 0 Å². The van der Waals surface area contributed by atoms with Crippen LogP contribution in [0.5, 0.6) is 11.5 Å². The molecule has 0 saturated carbocycles. The van der Waals surface area contributed by atoms with Crippen LogP contribution in [0.4, 0.5) is 0 Å². The van der Waals surface area contributed by atoms with Gasteiger partial charge in [-0.1, -0.05) is 19.1 Å². The van der Waals surface area contributed by atoms with Crippen LogP contribution in [0.3, 0.4) is 0 Å². The van der Waals surface area contributed by atoms with Crippen molar-refractivity contribution >= 4 is 18.4 Å². The number of nitrogens with zero attached hydrogens (tertiary/aromatic N) is 1. The molecule has 0 radical (unpaired) electrons. The van der Waals surface area contributed by atoms with Gasteiger partial charge >= 0.3 is 5.97 Å². The van der Waals surface area contributed by atoms with Crippen molar-refractivity contribution in [2.75, 3.05) is 19.8 Å². The SMILES string of the molecule is CCC(C)N(CC(=O)O)Cc1cccc2c1OCCO2.Cl. The zero-order valence-corrected chi connectivity index (χ0v) is 13.2. The van der Waals surface area contributed by atoms with Gasteiger partial charge in [0.1, 0.15) is 13.2 Å². The monoisotopic (exact) mass is 315 g/mol. The molecule has 1 atom stereocenters. The Kier molecular flexibility index (Phi) is 6.78. The highest BCUT2D eigenvalue weighted by atomic mass is 35.5. The molecule has 21 heavy (non-hydrogen) atoms. The number of rotatable bonds is 6. The summed E-state index contributed by atoms with van der Waals surface area (Å²) in [5, 5.41) is 9.05. The van der Waals surface area contributed by atoms with Crippen LogP contribution >= 0.6 is 12.4 Å². The number of ether oxygens (including phenoxy) is 2. The maximum atomic E-state index is 11.0. The van der Waals surface area contributed by atoms with Crippen LogP contribution in [0, 0.1) is 0 Å². The highest BCUT2D eigenvalue weighted by molar-refractivity contribution is 5.85. The van der Waals surface area contributed by atoms with Crippen molar-refractivity contribution in [3.8, 4) is 11.5 Å². The molecule has 1 N–H and O–H groups in total. The molecular formula is C15H22ClNO4. The van der Waals surface area contributed by atoms with Gasteiger partial charge in [-0.3, -0.25) is 9.69 Å². The van der Waals surface area contributed by atoms with Crippen molar-refractivity contribution in [2.24, 2.45) is 0 Å². The van der Waals surface area contributed by atoms with Gasteiger partial charge in [-0.25, -0.2) is 0 Å². The second-order valence-electron chi connectivity index (χ2n) is 5.00. The maximum Gasteiger partial charge on any atom is 0.317 e. The minimum Gasteiger partial charge on any atom is -0.486 e. The van der Waals surface area contributed by atoms with E-state index in [4.69, 9.17) is 14.6 Å². The summed E-state index contributed by atoms with van der Waals surface area (Å²) >= 11 is 0. The number of para-hydroxylation sites is 1. The van der Waals surface area contributed by atoms with E-state index >= 15 is 0 Å². The lowest BCUT2D eigenvalue weighted by molar-refractivity contribution is -0.139. The molecule has 0 bridgehead atoms.